The highest BCUT2D eigenvalue weighted by atomic mass is 35.5. The number of aromatic nitrogens is 1. The Hall–Kier alpha value is -0.840. The Morgan fingerprint density at radius 3 is 2.71 bits per heavy atom. The highest BCUT2D eigenvalue weighted by molar-refractivity contribution is 6.31. The van der Waals surface area contributed by atoms with E-state index in [1.165, 1.54) is 12.8 Å². The van der Waals surface area contributed by atoms with E-state index in [1.54, 1.807) is 0 Å². The Bertz CT molecular complexity index is 471. The maximum Gasteiger partial charge on any atom is 0.128 e. The van der Waals surface area contributed by atoms with Crippen molar-refractivity contribution in [2.75, 3.05) is 24.6 Å². The highest BCUT2D eigenvalue weighted by Gasteiger charge is 2.22. The zero-order valence-corrected chi connectivity index (χ0v) is 13.4. The van der Waals surface area contributed by atoms with Gasteiger partial charge < -0.3 is 15.0 Å². The third-order valence-electron chi connectivity index (χ3n) is 4.21. The van der Waals surface area contributed by atoms with E-state index in [1.807, 2.05) is 12.1 Å². The molecule has 1 saturated heterocycles. The van der Waals surface area contributed by atoms with Gasteiger partial charge >= 0.3 is 0 Å². The van der Waals surface area contributed by atoms with Crippen LogP contribution in [0.4, 0.5) is 5.82 Å². The van der Waals surface area contributed by atoms with E-state index in [0.29, 0.717) is 12.1 Å². The zero-order chi connectivity index (χ0) is 14.7. The van der Waals surface area contributed by atoms with Gasteiger partial charge in [0.05, 0.1) is 16.8 Å². The monoisotopic (exact) mass is 309 g/mol. The summed E-state index contributed by atoms with van der Waals surface area (Å²) in [5.41, 5.74) is 0.966. The lowest BCUT2D eigenvalue weighted by Crippen LogP contribution is -2.37. The Balaban J connectivity index is 1.60. The molecular weight excluding hydrogens is 286 g/mol. The summed E-state index contributed by atoms with van der Waals surface area (Å²) in [7, 11) is 0. The second kappa shape index (κ2) is 6.95. The second-order valence-electron chi connectivity index (χ2n) is 5.89. The maximum atomic E-state index is 6.26. The smallest absolute Gasteiger partial charge is 0.128 e. The minimum atomic E-state index is 0.412. The summed E-state index contributed by atoms with van der Waals surface area (Å²) in [5.74, 6) is 1.04. The van der Waals surface area contributed by atoms with E-state index in [4.69, 9.17) is 21.3 Å². The van der Waals surface area contributed by atoms with Gasteiger partial charge in [-0.05, 0) is 44.7 Å². The maximum absolute atomic E-state index is 6.26. The topological polar surface area (TPSA) is 37.4 Å². The number of ether oxygens (including phenoxy) is 1. The summed E-state index contributed by atoms with van der Waals surface area (Å²) in [6.45, 7) is 5.66. The quantitative estimate of drug-likeness (QED) is 0.876. The van der Waals surface area contributed by atoms with Crippen LogP contribution in [0.1, 0.15) is 38.3 Å². The van der Waals surface area contributed by atoms with Gasteiger partial charge in [0.15, 0.2) is 0 Å². The van der Waals surface area contributed by atoms with Gasteiger partial charge in [-0.1, -0.05) is 11.6 Å². The van der Waals surface area contributed by atoms with Gasteiger partial charge in [-0.25, -0.2) is 4.98 Å². The fraction of sp³-hybridized carbons (Fsp3) is 0.688. The fourth-order valence-electron chi connectivity index (χ4n) is 2.79. The van der Waals surface area contributed by atoms with E-state index in [2.05, 4.69) is 17.1 Å². The van der Waals surface area contributed by atoms with E-state index in [9.17, 15) is 0 Å². The molecule has 2 heterocycles. The summed E-state index contributed by atoms with van der Waals surface area (Å²) >= 11 is 6.26. The van der Waals surface area contributed by atoms with Gasteiger partial charge in [0.1, 0.15) is 5.82 Å². The molecule has 1 aromatic rings. The molecule has 4 nitrogen and oxygen atoms in total. The predicted octanol–water partition coefficient (Wildman–Crippen LogP) is 2.99. The van der Waals surface area contributed by atoms with Crippen molar-refractivity contribution in [3.63, 3.8) is 0 Å². The number of piperidine rings is 1. The number of hydrogen-bond donors (Lipinski definition) is 1. The van der Waals surface area contributed by atoms with Crippen molar-refractivity contribution in [3.05, 3.63) is 22.8 Å². The third-order valence-corrected chi connectivity index (χ3v) is 4.55. The average molecular weight is 310 g/mol. The molecule has 0 radical (unpaired) electrons. The van der Waals surface area contributed by atoms with Crippen LogP contribution in [0, 0.1) is 0 Å². The van der Waals surface area contributed by atoms with Crippen LogP contribution in [0.25, 0.3) is 0 Å². The Morgan fingerprint density at radius 1 is 1.29 bits per heavy atom. The minimum Gasteiger partial charge on any atom is -0.378 e. The first-order chi connectivity index (χ1) is 10.3. The van der Waals surface area contributed by atoms with Crippen LogP contribution in [0.3, 0.4) is 0 Å². The van der Waals surface area contributed by atoms with Crippen molar-refractivity contribution in [3.8, 4) is 0 Å². The van der Waals surface area contributed by atoms with Gasteiger partial charge in [-0.3, -0.25) is 0 Å². The van der Waals surface area contributed by atoms with E-state index < -0.39 is 0 Å². The first kappa shape index (κ1) is 15.1. The van der Waals surface area contributed by atoms with Gasteiger partial charge in [-0.15, -0.1) is 0 Å². The van der Waals surface area contributed by atoms with Crippen molar-refractivity contribution in [1.29, 1.82) is 0 Å². The fourth-order valence-corrected chi connectivity index (χ4v) is 2.96. The molecule has 2 fully saturated rings. The standard InChI is InChI=1S/C16H24ClN3O/c1-2-21-13-7-9-20(10-8-13)16-6-5-14(17)15(19-16)11-18-12-3-4-12/h5-6,12-13,18H,2-4,7-11H2,1H3. The molecule has 21 heavy (non-hydrogen) atoms. The lowest BCUT2D eigenvalue weighted by atomic mass is 10.1. The normalized spacial score (nSPS) is 20.0. The summed E-state index contributed by atoms with van der Waals surface area (Å²) in [4.78, 5) is 7.10. The average Bonchev–Trinajstić information content (AvgIpc) is 3.32. The predicted molar refractivity (Wildman–Crippen MR) is 86.0 cm³/mol. The number of rotatable bonds is 6. The minimum absolute atomic E-state index is 0.412. The van der Waals surface area contributed by atoms with Gasteiger partial charge in [0, 0.05) is 32.3 Å². The highest BCUT2D eigenvalue weighted by Crippen LogP contribution is 2.24. The molecule has 0 unspecified atom stereocenters. The molecular formula is C16H24ClN3O. The van der Waals surface area contributed by atoms with Gasteiger partial charge in [0.2, 0.25) is 0 Å². The van der Waals surface area contributed by atoms with Crippen LogP contribution in [0.2, 0.25) is 5.02 Å². The molecule has 0 bridgehead atoms. The molecule has 3 rings (SSSR count). The number of halogens is 1. The first-order valence-corrected chi connectivity index (χ1v) is 8.39. The molecule has 116 valence electrons. The molecule has 0 atom stereocenters. The van der Waals surface area contributed by atoms with E-state index in [0.717, 1.165) is 55.6 Å². The van der Waals surface area contributed by atoms with Gasteiger partial charge in [-0.2, -0.15) is 0 Å². The Labute approximate surface area is 131 Å². The lowest BCUT2D eigenvalue weighted by Gasteiger charge is -2.32. The van der Waals surface area contributed by atoms with Crippen LogP contribution in [-0.2, 0) is 11.3 Å². The largest absolute Gasteiger partial charge is 0.378 e. The summed E-state index contributed by atoms with van der Waals surface area (Å²) in [6, 6.07) is 4.68. The Morgan fingerprint density at radius 2 is 2.05 bits per heavy atom. The van der Waals surface area contributed by atoms with Crippen LogP contribution in [-0.4, -0.2) is 36.8 Å². The molecule has 1 aliphatic heterocycles. The molecule has 0 aromatic carbocycles. The van der Waals surface area contributed by atoms with Crippen molar-refractivity contribution < 1.29 is 4.74 Å². The van der Waals surface area contributed by atoms with Crippen LogP contribution >= 0.6 is 11.6 Å². The zero-order valence-electron chi connectivity index (χ0n) is 12.6. The molecule has 2 aliphatic rings. The first-order valence-electron chi connectivity index (χ1n) is 8.01. The summed E-state index contributed by atoms with van der Waals surface area (Å²) in [5, 5.41) is 4.24. The van der Waals surface area contributed by atoms with Crippen molar-refractivity contribution in [2.45, 2.75) is 51.3 Å². The second-order valence-corrected chi connectivity index (χ2v) is 6.30. The molecule has 0 spiro atoms. The molecule has 5 heteroatoms. The molecule has 1 aliphatic carbocycles. The molecule has 1 saturated carbocycles. The summed E-state index contributed by atoms with van der Waals surface area (Å²) in [6.07, 6.45) is 5.13. The van der Waals surface area contributed by atoms with E-state index >= 15 is 0 Å². The number of nitrogens with zero attached hydrogens (tertiary/aromatic N) is 2. The van der Waals surface area contributed by atoms with Crippen LogP contribution in [0.5, 0.6) is 0 Å². The number of anilines is 1. The molecule has 1 aromatic heterocycles. The van der Waals surface area contributed by atoms with Crippen LogP contribution in [0.15, 0.2) is 12.1 Å². The lowest BCUT2D eigenvalue weighted by molar-refractivity contribution is 0.0458. The SMILES string of the molecule is CCOC1CCN(c2ccc(Cl)c(CNC3CC3)n2)CC1. The van der Waals surface area contributed by atoms with Crippen molar-refractivity contribution in [1.82, 2.24) is 10.3 Å². The van der Waals surface area contributed by atoms with Gasteiger partial charge in [0.25, 0.3) is 0 Å². The van der Waals surface area contributed by atoms with Crippen molar-refractivity contribution in [2.24, 2.45) is 0 Å². The number of pyridine rings is 1. The molecule has 0 amide bonds. The van der Waals surface area contributed by atoms with E-state index in [-0.39, 0.29) is 0 Å². The number of nitrogens with one attached hydrogen (secondary N) is 1. The summed E-state index contributed by atoms with van der Waals surface area (Å²) < 4.78 is 5.70. The van der Waals surface area contributed by atoms with Crippen LogP contribution < -0.4 is 10.2 Å². The number of hydrogen-bond acceptors (Lipinski definition) is 4. The molecule has 1 N–H and O–H groups in total. The van der Waals surface area contributed by atoms with Crippen molar-refractivity contribution >= 4 is 17.4 Å². The third kappa shape index (κ3) is 4.09. The Kier molecular flexibility index (Phi) is 4.99.